The molecule has 124 valence electrons. The average Bonchev–Trinajstić information content (AvgIpc) is 2.56. The molecule has 1 aliphatic rings. The number of carbonyl (C=O) groups excluding carboxylic acids is 1. The van der Waals surface area contributed by atoms with Gasteiger partial charge in [-0.05, 0) is 29.7 Å². The van der Waals surface area contributed by atoms with Crippen LogP contribution in [0.25, 0.3) is 0 Å². The number of rotatable bonds is 4. The molecule has 0 saturated heterocycles. The summed E-state index contributed by atoms with van der Waals surface area (Å²) in [4.78, 5) is 22.1. The molecule has 3 rings (SSSR count). The minimum absolute atomic E-state index is 0.0855. The highest BCUT2D eigenvalue weighted by Crippen LogP contribution is 2.30. The molecule has 1 heterocycles. The molecule has 0 radical (unpaired) electrons. The van der Waals surface area contributed by atoms with Gasteiger partial charge in [-0.15, -0.1) is 0 Å². The largest absolute Gasteiger partial charge is 0.373 e. The molecule has 1 amide bonds. The molecule has 0 fully saturated rings. The Morgan fingerprint density at radius 1 is 1.33 bits per heavy atom. The number of halogens is 1. The number of ether oxygens (including phenoxy) is 1. The summed E-state index contributed by atoms with van der Waals surface area (Å²) in [6.07, 6.45) is 0.533. The third kappa shape index (κ3) is 3.41. The van der Waals surface area contributed by atoms with Crippen LogP contribution in [0, 0.1) is 15.9 Å². The summed E-state index contributed by atoms with van der Waals surface area (Å²) in [7, 11) is 0. The van der Waals surface area contributed by atoms with E-state index in [0.29, 0.717) is 6.61 Å². The Balaban J connectivity index is 1.71. The van der Waals surface area contributed by atoms with Gasteiger partial charge in [0.1, 0.15) is 0 Å². The molecule has 0 spiro atoms. The zero-order chi connectivity index (χ0) is 17.1. The van der Waals surface area contributed by atoms with Crippen LogP contribution in [0.5, 0.6) is 0 Å². The Morgan fingerprint density at radius 2 is 2.12 bits per heavy atom. The Kier molecular flexibility index (Phi) is 4.52. The molecule has 6 nitrogen and oxygen atoms in total. The quantitative estimate of drug-likeness (QED) is 0.688. The molecule has 0 aromatic heterocycles. The lowest BCUT2D eigenvalue weighted by Gasteiger charge is -2.25. The van der Waals surface area contributed by atoms with Crippen molar-refractivity contribution in [3.05, 3.63) is 69.5 Å². The molecule has 0 bridgehead atoms. The van der Waals surface area contributed by atoms with Crippen LogP contribution < -0.4 is 5.32 Å². The molecule has 1 atom stereocenters. The number of nitro groups is 1. The third-order valence-corrected chi connectivity index (χ3v) is 3.89. The van der Waals surface area contributed by atoms with Gasteiger partial charge in [-0.1, -0.05) is 24.3 Å². The number of benzene rings is 2. The molecule has 1 aliphatic heterocycles. The second kappa shape index (κ2) is 6.76. The number of anilines is 1. The van der Waals surface area contributed by atoms with Gasteiger partial charge >= 0.3 is 5.69 Å². The summed E-state index contributed by atoms with van der Waals surface area (Å²) < 4.78 is 19.0. The van der Waals surface area contributed by atoms with E-state index in [1.807, 2.05) is 24.3 Å². The van der Waals surface area contributed by atoms with Gasteiger partial charge in [-0.25, -0.2) is 0 Å². The summed E-state index contributed by atoms with van der Waals surface area (Å²) in [6.45, 7) is 0.539. The molecular formula is C17H15FN2O4. The first kappa shape index (κ1) is 16.1. The highest BCUT2D eigenvalue weighted by atomic mass is 19.1. The standard InChI is InChI=1S/C17H15FN2O4/c18-14-6-5-12(9-15(14)20(22)23)19-17(21)10-16-13-4-2-1-3-11(13)7-8-24-16/h1-6,9,16H,7-8,10H2,(H,19,21). The SMILES string of the molecule is O=C(CC1OCCc2ccccc21)Nc1ccc(F)c([N+](=O)[O-])c1. The monoisotopic (exact) mass is 330 g/mol. The topological polar surface area (TPSA) is 81.5 Å². The molecule has 1 N–H and O–H groups in total. The first-order valence-corrected chi connectivity index (χ1v) is 7.48. The fourth-order valence-electron chi connectivity index (χ4n) is 2.76. The second-order valence-corrected chi connectivity index (χ2v) is 5.48. The number of fused-ring (bicyclic) bond motifs is 1. The van der Waals surface area contributed by atoms with Gasteiger partial charge in [0.25, 0.3) is 0 Å². The number of hydrogen-bond donors (Lipinski definition) is 1. The van der Waals surface area contributed by atoms with Crippen molar-refractivity contribution in [1.29, 1.82) is 0 Å². The maximum atomic E-state index is 13.3. The second-order valence-electron chi connectivity index (χ2n) is 5.48. The Labute approximate surface area is 137 Å². The van der Waals surface area contributed by atoms with Crippen molar-refractivity contribution in [2.75, 3.05) is 11.9 Å². The lowest BCUT2D eigenvalue weighted by atomic mass is 9.95. The van der Waals surface area contributed by atoms with E-state index in [2.05, 4.69) is 5.32 Å². The van der Waals surface area contributed by atoms with Gasteiger partial charge in [-0.2, -0.15) is 4.39 Å². The molecular weight excluding hydrogens is 315 g/mol. The predicted octanol–water partition coefficient (Wildman–Crippen LogP) is 3.38. The van der Waals surface area contributed by atoms with Crippen LogP contribution >= 0.6 is 0 Å². The Morgan fingerprint density at radius 3 is 2.92 bits per heavy atom. The van der Waals surface area contributed by atoms with Gasteiger partial charge in [0.05, 0.1) is 24.1 Å². The summed E-state index contributed by atoms with van der Waals surface area (Å²) >= 11 is 0. The van der Waals surface area contributed by atoms with E-state index in [0.717, 1.165) is 29.7 Å². The van der Waals surface area contributed by atoms with Crippen molar-refractivity contribution in [3.8, 4) is 0 Å². The van der Waals surface area contributed by atoms with Crippen LogP contribution in [0.2, 0.25) is 0 Å². The number of carbonyl (C=O) groups is 1. The summed E-state index contributed by atoms with van der Waals surface area (Å²) in [5.74, 6) is -1.29. The Hall–Kier alpha value is -2.80. The molecule has 0 aliphatic carbocycles. The zero-order valence-electron chi connectivity index (χ0n) is 12.7. The Bertz CT molecular complexity index is 794. The fourth-order valence-corrected chi connectivity index (χ4v) is 2.76. The highest BCUT2D eigenvalue weighted by Gasteiger charge is 2.23. The molecule has 1 unspecified atom stereocenters. The van der Waals surface area contributed by atoms with E-state index in [9.17, 15) is 19.3 Å². The van der Waals surface area contributed by atoms with Gasteiger partial charge in [0.15, 0.2) is 0 Å². The van der Waals surface area contributed by atoms with Crippen LogP contribution in [0.15, 0.2) is 42.5 Å². The van der Waals surface area contributed by atoms with Crippen LogP contribution in [-0.2, 0) is 16.0 Å². The van der Waals surface area contributed by atoms with E-state index >= 15 is 0 Å². The van der Waals surface area contributed by atoms with E-state index in [1.54, 1.807) is 0 Å². The number of nitro benzene ring substituents is 1. The maximum absolute atomic E-state index is 13.3. The summed E-state index contributed by atoms with van der Waals surface area (Å²) in [6, 6.07) is 11.0. The van der Waals surface area contributed by atoms with Crippen molar-refractivity contribution in [2.45, 2.75) is 18.9 Å². The molecule has 2 aromatic rings. The van der Waals surface area contributed by atoms with E-state index in [-0.39, 0.29) is 24.1 Å². The minimum atomic E-state index is -0.942. The van der Waals surface area contributed by atoms with Gasteiger partial charge in [-0.3, -0.25) is 14.9 Å². The predicted molar refractivity (Wildman–Crippen MR) is 85.1 cm³/mol. The van der Waals surface area contributed by atoms with Crippen molar-refractivity contribution < 1.29 is 18.8 Å². The lowest BCUT2D eigenvalue weighted by Crippen LogP contribution is -2.22. The fraction of sp³-hybridized carbons (Fsp3) is 0.235. The van der Waals surface area contributed by atoms with Crippen molar-refractivity contribution in [2.24, 2.45) is 0 Å². The van der Waals surface area contributed by atoms with Crippen LogP contribution in [0.4, 0.5) is 15.8 Å². The molecule has 2 aromatic carbocycles. The average molecular weight is 330 g/mol. The van der Waals surface area contributed by atoms with Gasteiger partial charge < -0.3 is 10.1 Å². The third-order valence-electron chi connectivity index (χ3n) is 3.89. The van der Waals surface area contributed by atoms with Crippen molar-refractivity contribution in [1.82, 2.24) is 0 Å². The zero-order valence-corrected chi connectivity index (χ0v) is 12.7. The maximum Gasteiger partial charge on any atom is 0.306 e. The van der Waals surface area contributed by atoms with Crippen LogP contribution in [0.1, 0.15) is 23.7 Å². The first-order valence-electron chi connectivity index (χ1n) is 7.48. The first-order chi connectivity index (χ1) is 11.5. The van der Waals surface area contributed by atoms with Crippen molar-refractivity contribution in [3.63, 3.8) is 0 Å². The van der Waals surface area contributed by atoms with Gasteiger partial charge in [0.2, 0.25) is 11.7 Å². The van der Waals surface area contributed by atoms with E-state index in [4.69, 9.17) is 4.74 Å². The van der Waals surface area contributed by atoms with Gasteiger partial charge in [0, 0.05) is 11.8 Å². The van der Waals surface area contributed by atoms with Crippen LogP contribution in [0.3, 0.4) is 0 Å². The molecule has 7 heteroatoms. The van der Waals surface area contributed by atoms with Crippen molar-refractivity contribution >= 4 is 17.3 Å². The van der Waals surface area contributed by atoms with Crippen LogP contribution in [-0.4, -0.2) is 17.4 Å². The number of amides is 1. The smallest absolute Gasteiger partial charge is 0.306 e. The summed E-state index contributed by atoms with van der Waals surface area (Å²) in [5, 5.41) is 13.3. The summed E-state index contributed by atoms with van der Waals surface area (Å²) in [5.41, 5.74) is 1.63. The molecule has 0 saturated carbocycles. The number of hydrogen-bond acceptors (Lipinski definition) is 4. The lowest BCUT2D eigenvalue weighted by molar-refractivity contribution is -0.387. The van der Waals surface area contributed by atoms with E-state index < -0.39 is 16.4 Å². The minimum Gasteiger partial charge on any atom is -0.373 e. The normalized spacial score (nSPS) is 16.3. The molecule has 24 heavy (non-hydrogen) atoms. The number of nitrogens with zero attached hydrogens (tertiary/aromatic N) is 1. The number of nitrogens with one attached hydrogen (secondary N) is 1. The van der Waals surface area contributed by atoms with E-state index in [1.165, 1.54) is 6.07 Å². The highest BCUT2D eigenvalue weighted by molar-refractivity contribution is 5.91.